The molecule has 20 heavy (non-hydrogen) atoms. The normalized spacial score (nSPS) is 13.2. The molecule has 0 saturated carbocycles. The summed E-state index contributed by atoms with van der Waals surface area (Å²) in [7, 11) is 0. The van der Waals surface area contributed by atoms with E-state index in [0.29, 0.717) is 5.82 Å². The molecule has 1 aliphatic rings. The van der Waals surface area contributed by atoms with Crippen LogP contribution in [0.15, 0.2) is 12.5 Å². The maximum absolute atomic E-state index is 11.7. The van der Waals surface area contributed by atoms with E-state index in [4.69, 9.17) is 10.5 Å². The van der Waals surface area contributed by atoms with Crippen molar-refractivity contribution in [2.45, 2.75) is 26.2 Å². The second-order valence-electron chi connectivity index (χ2n) is 4.57. The van der Waals surface area contributed by atoms with Crippen LogP contribution in [-0.4, -0.2) is 32.3 Å². The fourth-order valence-electron chi connectivity index (χ4n) is 2.39. The highest BCUT2D eigenvalue weighted by Crippen LogP contribution is 2.25. The van der Waals surface area contributed by atoms with E-state index >= 15 is 0 Å². The molecule has 2 aromatic heterocycles. The van der Waals surface area contributed by atoms with Gasteiger partial charge >= 0.3 is 5.97 Å². The molecule has 7 nitrogen and oxygen atoms in total. The third kappa shape index (κ3) is 2.01. The van der Waals surface area contributed by atoms with E-state index in [-0.39, 0.29) is 18.0 Å². The van der Waals surface area contributed by atoms with Gasteiger partial charge in [-0.2, -0.15) is 5.10 Å². The molecule has 7 heteroatoms. The maximum Gasteiger partial charge on any atom is 0.361 e. The van der Waals surface area contributed by atoms with Gasteiger partial charge in [0.1, 0.15) is 6.33 Å². The van der Waals surface area contributed by atoms with Crippen LogP contribution in [-0.2, 0) is 17.6 Å². The Hall–Kier alpha value is -2.44. The van der Waals surface area contributed by atoms with Crippen LogP contribution in [0, 0.1) is 0 Å². The molecule has 104 valence electrons. The van der Waals surface area contributed by atoms with E-state index in [9.17, 15) is 4.79 Å². The fraction of sp³-hybridized carbons (Fsp3) is 0.385. The minimum atomic E-state index is -0.519. The number of nitrogen functional groups attached to an aromatic ring is 1. The fourth-order valence-corrected chi connectivity index (χ4v) is 2.39. The Kier molecular flexibility index (Phi) is 3.09. The predicted molar refractivity (Wildman–Crippen MR) is 71.5 cm³/mol. The number of carbonyl (C=O) groups is 1. The molecule has 0 radical (unpaired) electrons. The summed E-state index contributed by atoms with van der Waals surface area (Å²) in [6, 6.07) is 0. The standard InChI is InChI=1S/C13H15N5O2/c1-2-20-13(19)11-9(14)6-18(17-11)12-8-4-3-5-10(8)15-7-16-12/h6-7H,2-5,14H2,1H3. The van der Waals surface area contributed by atoms with Gasteiger partial charge in [-0.25, -0.2) is 19.4 Å². The maximum atomic E-state index is 11.7. The number of esters is 1. The van der Waals surface area contributed by atoms with E-state index < -0.39 is 5.97 Å². The molecule has 2 heterocycles. The van der Waals surface area contributed by atoms with Crippen molar-refractivity contribution in [3.05, 3.63) is 29.5 Å². The molecule has 1 aliphatic carbocycles. The predicted octanol–water partition coefficient (Wildman–Crippen LogP) is 0.910. The van der Waals surface area contributed by atoms with Crippen molar-refractivity contribution in [3.63, 3.8) is 0 Å². The van der Waals surface area contributed by atoms with Crippen LogP contribution in [0.2, 0.25) is 0 Å². The molecule has 0 saturated heterocycles. The SMILES string of the molecule is CCOC(=O)c1nn(-c2ncnc3c2CCC3)cc1N. The first-order valence-corrected chi connectivity index (χ1v) is 6.56. The van der Waals surface area contributed by atoms with Crippen LogP contribution in [0.25, 0.3) is 5.82 Å². The Morgan fingerprint density at radius 2 is 2.30 bits per heavy atom. The summed E-state index contributed by atoms with van der Waals surface area (Å²) >= 11 is 0. The van der Waals surface area contributed by atoms with Crippen LogP contribution in [0.1, 0.15) is 35.1 Å². The quantitative estimate of drug-likeness (QED) is 0.835. The Morgan fingerprint density at radius 3 is 3.10 bits per heavy atom. The van der Waals surface area contributed by atoms with Crippen molar-refractivity contribution in [2.75, 3.05) is 12.3 Å². The van der Waals surface area contributed by atoms with Crippen LogP contribution in [0.3, 0.4) is 0 Å². The Bertz CT molecular complexity index is 665. The molecule has 0 bridgehead atoms. The van der Waals surface area contributed by atoms with Crippen molar-refractivity contribution < 1.29 is 9.53 Å². The number of anilines is 1. The summed E-state index contributed by atoms with van der Waals surface area (Å²) in [4.78, 5) is 20.3. The van der Waals surface area contributed by atoms with Crippen molar-refractivity contribution in [1.29, 1.82) is 0 Å². The van der Waals surface area contributed by atoms with Gasteiger partial charge in [-0.05, 0) is 26.2 Å². The van der Waals surface area contributed by atoms with Gasteiger partial charge in [-0.3, -0.25) is 0 Å². The van der Waals surface area contributed by atoms with Crippen molar-refractivity contribution in [2.24, 2.45) is 0 Å². The molecule has 0 unspecified atom stereocenters. The summed E-state index contributed by atoms with van der Waals surface area (Å²) in [6.07, 6.45) is 6.03. The van der Waals surface area contributed by atoms with E-state index in [1.54, 1.807) is 13.1 Å². The average molecular weight is 273 g/mol. The molecule has 0 fully saturated rings. The summed E-state index contributed by atoms with van der Waals surface area (Å²) in [5.74, 6) is 0.171. The molecular weight excluding hydrogens is 258 g/mol. The second-order valence-corrected chi connectivity index (χ2v) is 4.57. The zero-order valence-electron chi connectivity index (χ0n) is 11.2. The van der Waals surface area contributed by atoms with Crippen molar-refractivity contribution in [3.8, 4) is 5.82 Å². The first kappa shape index (κ1) is 12.6. The molecular formula is C13H15N5O2. The topological polar surface area (TPSA) is 95.9 Å². The summed E-state index contributed by atoms with van der Waals surface area (Å²) in [6.45, 7) is 2.02. The number of nitrogens with two attached hydrogens (primary N) is 1. The molecule has 0 aliphatic heterocycles. The lowest BCUT2D eigenvalue weighted by Gasteiger charge is -2.05. The highest BCUT2D eigenvalue weighted by atomic mass is 16.5. The highest BCUT2D eigenvalue weighted by molar-refractivity contribution is 5.92. The summed E-state index contributed by atoms with van der Waals surface area (Å²) in [5.41, 5.74) is 8.35. The van der Waals surface area contributed by atoms with Gasteiger partial charge in [-0.15, -0.1) is 0 Å². The second kappa shape index (κ2) is 4.92. The Morgan fingerprint density at radius 1 is 1.45 bits per heavy atom. The lowest BCUT2D eigenvalue weighted by Crippen LogP contribution is -2.09. The molecule has 0 amide bonds. The zero-order chi connectivity index (χ0) is 14.1. The zero-order valence-corrected chi connectivity index (χ0v) is 11.2. The number of hydrogen-bond donors (Lipinski definition) is 1. The Labute approximate surface area is 115 Å². The Balaban J connectivity index is 2.02. The van der Waals surface area contributed by atoms with Gasteiger partial charge in [0.15, 0.2) is 11.5 Å². The number of rotatable bonds is 3. The van der Waals surface area contributed by atoms with Crippen molar-refractivity contribution >= 4 is 11.7 Å². The van der Waals surface area contributed by atoms with Crippen LogP contribution < -0.4 is 5.73 Å². The van der Waals surface area contributed by atoms with Gasteiger partial charge in [0.25, 0.3) is 0 Å². The van der Waals surface area contributed by atoms with Gasteiger partial charge in [0.2, 0.25) is 0 Å². The molecule has 2 aromatic rings. The molecule has 0 aromatic carbocycles. The number of fused-ring (bicyclic) bond motifs is 1. The third-order valence-electron chi connectivity index (χ3n) is 3.28. The molecule has 0 spiro atoms. The number of aromatic nitrogens is 4. The van der Waals surface area contributed by atoms with Crippen LogP contribution >= 0.6 is 0 Å². The smallest absolute Gasteiger partial charge is 0.361 e. The molecule has 0 atom stereocenters. The van der Waals surface area contributed by atoms with Gasteiger partial charge < -0.3 is 10.5 Å². The number of aryl methyl sites for hydroxylation is 1. The highest BCUT2D eigenvalue weighted by Gasteiger charge is 2.22. The van der Waals surface area contributed by atoms with Crippen LogP contribution in [0.4, 0.5) is 5.69 Å². The summed E-state index contributed by atoms with van der Waals surface area (Å²) in [5, 5.41) is 4.20. The minimum absolute atomic E-state index is 0.122. The van der Waals surface area contributed by atoms with E-state index in [2.05, 4.69) is 15.1 Å². The monoisotopic (exact) mass is 273 g/mol. The molecule has 3 rings (SSSR count). The third-order valence-corrected chi connectivity index (χ3v) is 3.28. The van der Waals surface area contributed by atoms with E-state index in [1.165, 1.54) is 11.0 Å². The van der Waals surface area contributed by atoms with Gasteiger partial charge in [-0.1, -0.05) is 0 Å². The number of ether oxygens (including phenoxy) is 1. The van der Waals surface area contributed by atoms with Gasteiger partial charge in [0.05, 0.1) is 18.5 Å². The summed E-state index contributed by atoms with van der Waals surface area (Å²) < 4.78 is 6.46. The number of carbonyl (C=O) groups excluding carboxylic acids is 1. The average Bonchev–Trinajstić information content (AvgIpc) is 3.04. The van der Waals surface area contributed by atoms with E-state index in [0.717, 1.165) is 30.5 Å². The minimum Gasteiger partial charge on any atom is -0.461 e. The van der Waals surface area contributed by atoms with E-state index in [1.807, 2.05) is 0 Å². The lowest BCUT2D eigenvalue weighted by molar-refractivity contribution is 0.0520. The lowest BCUT2D eigenvalue weighted by atomic mass is 10.2. The first-order chi connectivity index (χ1) is 9.70. The largest absolute Gasteiger partial charge is 0.461 e. The van der Waals surface area contributed by atoms with Gasteiger partial charge in [0, 0.05) is 11.3 Å². The van der Waals surface area contributed by atoms with Crippen LogP contribution in [0.5, 0.6) is 0 Å². The van der Waals surface area contributed by atoms with Crippen molar-refractivity contribution in [1.82, 2.24) is 19.7 Å². The molecule has 2 N–H and O–H groups in total. The number of nitrogens with zero attached hydrogens (tertiary/aromatic N) is 4. The number of hydrogen-bond acceptors (Lipinski definition) is 6. The first-order valence-electron chi connectivity index (χ1n) is 6.56.